The molecule has 0 aliphatic rings. The molecule has 0 fully saturated rings. The number of aromatic nitrogens is 1. The van der Waals surface area contributed by atoms with Crippen LogP contribution in [0.1, 0.15) is 40.9 Å². The fourth-order valence-corrected chi connectivity index (χ4v) is 2.31. The molecule has 3 N–H and O–H groups in total. The molecular formula is C9H12BrN3O3S. The van der Waals surface area contributed by atoms with Crippen molar-refractivity contribution in [3.05, 3.63) is 14.5 Å². The molecule has 94 valence electrons. The lowest BCUT2D eigenvalue weighted by molar-refractivity contribution is 0.00730. The van der Waals surface area contributed by atoms with Gasteiger partial charge in [-0.15, -0.1) is 0 Å². The first-order valence-electron chi connectivity index (χ1n) is 4.65. The Balaban J connectivity index is 3.05. The minimum absolute atomic E-state index is 0.0429. The molecule has 0 unspecified atom stereocenters. The molecule has 0 saturated heterocycles. The van der Waals surface area contributed by atoms with E-state index in [1.165, 1.54) is 0 Å². The summed E-state index contributed by atoms with van der Waals surface area (Å²) in [4.78, 5) is 27.2. The Morgan fingerprint density at radius 1 is 1.47 bits per heavy atom. The van der Waals surface area contributed by atoms with E-state index in [0.717, 1.165) is 11.3 Å². The highest BCUT2D eigenvalue weighted by molar-refractivity contribution is 9.11. The molecule has 1 amide bonds. The third-order valence-corrected chi connectivity index (χ3v) is 3.02. The quantitative estimate of drug-likeness (QED) is 0.372. The molecular weight excluding hydrogens is 310 g/mol. The Labute approximate surface area is 111 Å². The van der Waals surface area contributed by atoms with E-state index in [4.69, 9.17) is 10.6 Å². The van der Waals surface area contributed by atoms with Crippen LogP contribution in [0.25, 0.3) is 0 Å². The number of nitrogens with two attached hydrogens (primary N) is 1. The molecule has 0 aliphatic carbocycles. The molecule has 0 aromatic carbocycles. The van der Waals surface area contributed by atoms with Crippen LogP contribution in [0.3, 0.4) is 0 Å². The zero-order chi connectivity index (χ0) is 13.2. The van der Waals surface area contributed by atoms with E-state index < -0.39 is 17.5 Å². The lowest BCUT2D eigenvalue weighted by atomic mass is 10.2. The average Bonchev–Trinajstić information content (AvgIpc) is 2.56. The largest absolute Gasteiger partial charge is 0.456 e. The molecule has 0 bridgehead atoms. The van der Waals surface area contributed by atoms with E-state index in [1.807, 2.05) is 5.43 Å². The zero-order valence-electron chi connectivity index (χ0n) is 9.54. The highest BCUT2D eigenvalue weighted by Gasteiger charge is 2.26. The normalized spacial score (nSPS) is 11.1. The molecule has 0 saturated carbocycles. The van der Waals surface area contributed by atoms with Crippen LogP contribution < -0.4 is 11.3 Å². The minimum Gasteiger partial charge on any atom is -0.456 e. The summed E-state index contributed by atoms with van der Waals surface area (Å²) in [5.74, 6) is 3.78. The number of nitrogens with one attached hydrogen (secondary N) is 1. The Hall–Kier alpha value is -0.990. The lowest BCUT2D eigenvalue weighted by Gasteiger charge is -2.18. The number of carbonyl (C=O) groups is 2. The predicted molar refractivity (Wildman–Crippen MR) is 66.6 cm³/mol. The second-order valence-electron chi connectivity index (χ2n) is 4.12. The maximum absolute atomic E-state index is 11.8. The number of rotatable bonds is 2. The first kappa shape index (κ1) is 14.1. The molecule has 1 aromatic rings. The van der Waals surface area contributed by atoms with Gasteiger partial charge in [0.15, 0.2) is 9.61 Å². The number of nitrogens with zero attached hydrogens (tertiary/aromatic N) is 1. The second-order valence-corrected chi connectivity index (χ2v) is 6.40. The second kappa shape index (κ2) is 5.11. The molecule has 17 heavy (non-hydrogen) atoms. The molecule has 0 atom stereocenters. The topological polar surface area (TPSA) is 94.3 Å². The average molecular weight is 322 g/mol. The number of amides is 1. The Bertz CT molecular complexity index is 453. The number of esters is 1. The van der Waals surface area contributed by atoms with Crippen molar-refractivity contribution in [3.8, 4) is 0 Å². The van der Waals surface area contributed by atoms with Gasteiger partial charge in [0.1, 0.15) is 10.5 Å². The minimum atomic E-state index is -0.635. The number of carbonyl (C=O) groups excluding carboxylic acids is 2. The fraction of sp³-hybridized carbons (Fsp3) is 0.444. The van der Waals surface area contributed by atoms with Gasteiger partial charge in [-0.1, -0.05) is 11.3 Å². The summed E-state index contributed by atoms with van der Waals surface area (Å²) < 4.78 is 5.58. The van der Waals surface area contributed by atoms with Crippen molar-refractivity contribution in [3.63, 3.8) is 0 Å². The van der Waals surface area contributed by atoms with Gasteiger partial charge in [-0.05, 0) is 36.7 Å². The predicted octanol–water partition coefficient (Wildman–Crippen LogP) is 1.46. The van der Waals surface area contributed by atoms with E-state index in [2.05, 4.69) is 20.9 Å². The van der Waals surface area contributed by atoms with Crippen LogP contribution in [-0.4, -0.2) is 22.5 Å². The van der Waals surface area contributed by atoms with Crippen LogP contribution in [0.2, 0.25) is 0 Å². The van der Waals surface area contributed by atoms with Gasteiger partial charge in [0, 0.05) is 0 Å². The number of ether oxygens (including phenoxy) is 1. The van der Waals surface area contributed by atoms with Crippen molar-refractivity contribution in [2.24, 2.45) is 5.84 Å². The van der Waals surface area contributed by atoms with Crippen molar-refractivity contribution in [1.82, 2.24) is 10.4 Å². The van der Waals surface area contributed by atoms with Crippen LogP contribution in [0.4, 0.5) is 0 Å². The van der Waals surface area contributed by atoms with Crippen LogP contribution in [0.5, 0.6) is 0 Å². The number of thiazole rings is 1. The van der Waals surface area contributed by atoms with Crippen LogP contribution in [0.15, 0.2) is 3.92 Å². The van der Waals surface area contributed by atoms with E-state index >= 15 is 0 Å². The smallest absolute Gasteiger partial charge is 0.351 e. The Kier molecular flexibility index (Phi) is 4.23. The number of hydrazine groups is 1. The van der Waals surface area contributed by atoms with Gasteiger partial charge < -0.3 is 4.74 Å². The zero-order valence-corrected chi connectivity index (χ0v) is 11.9. The summed E-state index contributed by atoms with van der Waals surface area (Å²) in [6, 6.07) is 0. The molecule has 0 aliphatic heterocycles. The third-order valence-electron chi connectivity index (χ3n) is 1.53. The summed E-state index contributed by atoms with van der Waals surface area (Å²) in [7, 11) is 0. The summed E-state index contributed by atoms with van der Waals surface area (Å²) in [5.41, 5.74) is 1.25. The summed E-state index contributed by atoms with van der Waals surface area (Å²) in [5, 5.41) is 0. The van der Waals surface area contributed by atoms with Crippen molar-refractivity contribution in [1.29, 1.82) is 0 Å². The number of halogens is 1. The first-order valence-corrected chi connectivity index (χ1v) is 6.26. The van der Waals surface area contributed by atoms with Gasteiger partial charge in [0.05, 0.1) is 0 Å². The molecule has 0 spiro atoms. The highest BCUT2D eigenvalue weighted by Crippen LogP contribution is 2.25. The Morgan fingerprint density at radius 2 is 2.06 bits per heavy atom. The van der Waals surface area contributed by atoms with Gasteiger partial charge in [0.2, 0.25) is 0 Å². The monoisotopic (exact) mass is 321 g/mol. The van der Waals surface area contributed by atoms with Crippen molar-refractivity contribution in [2.45, 2.75) is 26.4 Å². The highest BCUT2D eigenvalue weighted by atomic mass is 79.9. The molecule has 0 radical (unpaired) electrons. The maximum Gasteiger partial charge on any atom is 0.351 e. The molecule has 1 heterocycles. The van der Waals surface area contributed by atoms with Crippen LogP contribution in [0, 0.1) is 0 Å². The van der Waals surface area contributed by atoms with Gasteiger partial charge in [-0.2, -0.15) is 0 Å². The van der Waals surface area contributed by atoms with E-state index in [-0.39, 0.29) is 10.6 Å². The van der Waals surface area contributed by atoms with Crippen molar-refractivity contribution < 1.29 is 14.3 Å². The summed E-state index contributed by atoms with van der Waals surface area (Å²) >= 11 is 4.13. The first-order chi connectivity index (χ1) is 7.74. The van der Waals surface area contributed by atoms with Crippen molar-refractivity contribution >= 4 is 39.1 Å². The van der Waals surface area contributed by atoms with E-state index in [9.17, 15) is 9.59 Å². The van der Waals surface area contributed by atoms with Gasteiger partial charge in [-0.25, -0.2) is 15.6 Å². The molecule has 8 heteroatoms. The molecule has 1 aromatic heterocycles. The van der Waals surface area contributed by atoms with E-state index in [1.54, 1.807) is 20.8 Å². The number of nitrogen functional groups attached to an aromatic ring is 1. The molecule has 6 nitrogen and oxygen atoms in total. The fourth-order valence-electron chi connectivity index (χ4n) is 0.979. The Morgan fingerprint density at radius 3 is 2.53 bits per heavy atom. The maximum atomic E-state index is 11.8. The standard InChI is InChI=1S/C9H12BrN3O3S/c1-9(2,3)16-7(15)5-4(6(14)13-11)12-8(10)17-5/h11H2,1-3H3,(H,13,14). The third kappa shape index (κ3) is 3.76. The number of hydrogen-bond acceptors (Lipinski definition) is 6. The van der Waals surface area contributed by atoms with Gasteiger partial charge >= 0.3 is 5.97 Å². The van der Waals surface area contributed by atoms with Gasteiger partial charge in [0.25, 0.3) is 5.91 Å². The SMILES string of the molecule is CC(C)(C)OC(=O)c1sc(Br)nc1C(=O)NN. The van der Waals surface area contributed by atoms with Gasteiger partial charge in [-0.3, -0.25) is 10.2 Å². The summed E-state index contributed by atoms with van der Waals surface area (Å²) in [6.45, 7) is 5.22. The van der Waals surface area contributed by atoms with Crippen LogP contribution in [-0.2, 0) is 4.74 Å². The van der Waals surface area contributed by atoms with E-state index in [0.29, 0.717) is 3.92 Å². The van der Waals surface area contributed by atoms with Crippen LogP contribution >= 0.6 is 27.3 Å². The lowest BCUT2D eigenvalue weighted by Crippen LogP contribution is -2.32. The molecule has 1 rings (SSSR count). The van der Waals surface area contributed by atoms with Crippen molar-refractivity contribution in [2.75, 3.05) is 0 Å². The summed E-state index contributed by atoms with van der Waals surface area (Å²) in [6.07, 6.45) is 0. The number of hydrogen-bond donors (Lipinski definition) is 2.